The van der Waals surface area contributed by atoms with E-state index in [2.05, 4.69) is 10.1 Å². The van der Waals surface area contributed by atoms with E-state index in [0.29, 0.717) is 34.4 Å². The molecule has 1 fully saturated rings. The SMILES string of the molecule is CCOc1cc(/C=C2\SC(=O)N(CC(=O)OC)C2=O)ccc1OCC(=O)Nc1cccc(Cl)c1. The zero-order valence-corrected chi connectivity index (χ0v) is 19.9. The van der Waals surface area contributed by atoms with Crippen LogP contribution in [0.15, 0.2) is 47.4 Å². The van der Waals surface area contributed by atoms with Crippen molar-refractivity contribution in [3.05, 3.63) is 58.0 Å². The summed E-state index contributed by atoms with van der Waals surface area (Å²) >= 11 is 6.64. The molecule has 0 unspecified atom stereocenters. The first-order valence-corrected chi connectivity index (χ1v) is 11.3. The van der Waals surface area contributed by atoms with Crippen LogP contribution in [-0.2, 0) is 19.1 Å². The molecule has 1 N–H and O–H groups in total. The van der Waals surface area contributed by atoms with Gasteiger partial charge in [-0.15, -0.1) is 0 Å². The maximum Gasteiger partial charge on any atom is 0.325 e. The van der Waals surface area contributed by atoms with Gasteiger partial charge in [-0.3, -0.25) is 24.1 Å². The van der Waals surface area contributed by atoms with E-state index in [0.717, 1.165) is 16.7 Å². The number of hydrogen-bond donors (Lipinski definition) is 1. The normalized spacial score (nSPS) is 14.3. The summed E-state index contributed by atoms with van der Waals surface area (Å²) in [7, 11) is 1.18. The second-order valence-corrected chi connectivity index (χ2v) is 8.26. The van der Waals surface area contributed by atoms with Crippen LogP contribution >= 0.6 is 23.4 Å². The van der Waals surface area contributed by atoms with Gasteiger partial charge in [-0.25, -0.2) is 0 Å². The Kier molecular flexibility index (Phi) is 8.55. The van der Waals surface area contributed by atoms with Crippen LogP contribution in [0.1, 0.15) is 12.5 Å². The summed E-state index contributed by atoms with van der Waals surface area (Å²) in [4.78, 5) is 49.2. The highest BCUT2D eigenvalue weighted by atomic mass is 35.5. The van der Waals surface area contributed by atoms with E-state index in [1.807, 2.05) is 0 Å². The van der Waals surface area contributed by atoms with E-state index in [1.54, 1.807) is 49.4 Å². The van der Waals surface area contributed by atoms with Gasteiger partial charge < -0.3 is 19.5 Å². The van der Waals surface area contributed by atoms with Gasteiger partial charge in [0.2, 0.25) is 0 Å². The Morgan fingerprint density at radius 1 is 1.12 bits per heavy atom. The number of amides is 3. The molecule has 11 heteroatoms. The smallest absolute Gasteiger partial charge is 0.325 e. The molecule has 2 aromatic carbocycles. The molecule has 1 aliphatic rings. The number of imide groups is 1. The average molecular weight is 505 g/mol. The monoisotopic (exact) mass is 504 g/mol. The Bertz CT molecular complexity index is 1150. The van der Waals surface area contributed by atoms with Gasteiger partial charge in [-0.2, -0.15) is 0 Å². The molecular formula is C23H21ClN2O7S. The van der Waals surface area contributed by atoms with Crippen molar-refractivity contribution in [2.45, 2.75) is 6.92 Å². The number of ether oxygens (including phenoxy) is 3. The van der Waals surface area contributed by atoms with Gasteiger partial charge in [0.05, 0.1) is 18.6 Å². The van der Waals surface area contributed by atoms with Gasteiger partial charge in [0.1, 0.15) is 6.54 Å². The Balaban J connectivity index is 1.70. The largest absolute Gasteiger partial charge is 0.490 e. The van der Waals surface area contributed by atoms with Crippen LogP contribution in [0.5, 0.6) is 11.5 Å². The lowest BCUT2D eigenvalue weighted by Gasteiger charge is -2.13. The highest BCUT2D eigenvalue weighted by molar-refractivity contribution is 8.18. The van der Waals surface area contributed by atoms with Crippen molar-refractivity contribution >= 4 is 58.1 Å². The maximum atomic E-state index is 12.5. The zero-order valence-electron chi connectivity index (χ0n) is 18.3. The summed E-state index contributed by atoms with van der Waals surface area (Å²) in [6, 6.07) is 11.6. The van der Waals surface area contributed by atoms with Gasteiger partial charge in [0.15, 0.2) is 18.1 Å². The average Bonchev–Trinajstić information content (AvgIpc) is 3.06. The fourth-order valence-corrected chi connectivity index (χ4v) is 3.92. The third-order valence-corrected chi connectivity index (χ3v) is 5.56. The van der Waals surface area contributed by atoms with Crippen molar-refractivity contribution in [3.63, 3.8) is 0 Å². The lowest BCUT2D eigenvalue weighted by molar-refractivity contribution is -0.143. The molecule has 3 amide bonds. The molecule has 0 bridgehead atoms. The molecule has 1 heterocycles. The van der Waals surface area contributed by atoms with Gasteiger partial charge in [0, 0.05) is 10.7 Å². The summed E-state index contributed by atoms with van der Waals surface area (Å²) in [5.41, 5.74) is 1.12. The second kappa shape index (κ2) is 11.6. The Hall–Kier alpha value is -3.50. The second-order valence-electron chi connectivity index (χ2n) is 6.83. The number of hydrogen-bond acceptors (Lipinski definition) is 8. The molecule has 1 saturated heterocycles. The van der Waals surface area contributed by atoms with Crippen LogP contribution in [-0.4, -0.2) is 54.8 Å². The van der Waals surface area contributed by atoms with E-state index >= 15 is 0 Å². The topological polar surface area (TPSA) is 111 Å². The number of anilines is 1. The molecule has 0 radical (unpaired) electrons. The number of thioether (sulfide) groups is 1. The lowest BCUT2D eigenvalue weighted by Crippen LogP contribution is -2.34. The van der Waals surface area contributed by atoms with Crippen molar-refractivity contribution in [3.8, 4) is 11.5 Å². The van der Waals surface area contributed by atoms with Gasteiger partial charge >= 0.3 is 5.97 Å². The quantitative estimate of drug-likeness (QED) is 0.403. The molecule has 0 aromatic heterocycles. The summed E-state index contributed by atoms with van der Waals surface area (Å²) in [5.74, 6) is -0.966. The number of methoxy groups -OCH3 is 1. The van der Waals surface area contributed by atoms with Crippen LogP contribution in [0.3, 0.4) is 0 Å². The minimum Gasteiger partial charge on any atom is -0.490 e. The summed E-state index contributed by atoms with van der Waals surface area (Å²) < 4.78 is 15.7. The summed E-state index contributed by atoms with van der Waals surface area (Å²) in [6.07, 6.45) is 1.51. The summed E-state index contributed by atoms with van der Waals surface area (Å²) in [5, 5.41) is 2.62. The number of benzene rings is 2. The van der Waals surface area contributed by atoms with Crippen molar-refractivity contribution < 1.29 is 33.4 Å². The predicted octanol–water partition coefficient (Wildman–Crippen LogP) is 3.97. The molecule has 0 atom stereocenters. The van der Waals surface area contributed by atoms with E-state index in [-0.39, 0.29) is 17.4 Å². The van der Waals surface area contributed by atoms with E-state index in [1.165, 1.54) is 13.2 Å². The van der Waals surface area contributed by atoms with Gasteiger partial charge in [-0.1, -0.05) is 23.7 Å². The number of carbonyl (C=O) groups is 4. The third kappa shape index (κ3) is 6.52. The van der Waals surface area contributed by atoms with Crippen LogP contribution in [0.4, 0.5) is 10.5 Å². The molecule has 0 spiro atoms. The standard InChI is InChI=1S/C23H21ClN2O7S/c1-3-32-18-9-14(10-19-22(29)26(23(30)34-19)12-21(28)31-2)7-8-17(18)33-13-20(27)25-16-6-4-5-15(24)11-16/h4-11H,3,12-13H2,1-2H3,(H,25,27)/b19-10-. The fraction of sp³-hybridized carbons (Fsp3) is 0.217. The molecule has 0 saturated carbocycles. The first kappa shape index (κ1) is 25.1. The third-order valence-electron chi connectivity index (χ3n) is 4.42. The van der Waals surface area contributed by atoms with Crippen LogP contribution in [0.2, 0.25) is 5.02 Å². The molecular weight excluding hydrogens is 484 g/mol. The molecule has 34 heavy (non-hydrogen) atoms. The van der Waals surface area contributed by atoms with E-state index in [9.17, 15) is 19.2 Å². The Labute approximate surface area is 205 Å². The van der Waals surface area contributed by atoms with Crippen molar-refractivity contribution in [2.75, 3.05) is 32.2 Å². The zero-order chi connectivity index (χ0) is 24.7. The molecule has 0 aliphatic carbocycles. The number of rotatable bonds is 9. The summed E-state index contributed by atoms with van der Waals surface area (Å²) in [6.45, 7) is 1.41. The van der Waals surface area contributed by atoms with E-state index in [4.69, 9.17) is 21.1 Å². The van der Waals surface area contributed by atoms with Crippen molar-refractivity contribution in [2.24, 2.45) is 0 Å². The highest BCUT2D eigenvalue weighted by Crippen LogP contribution is 2.34. The maximum absolute atomic E-state index is 12.5. The van der Waals surface area contributed by atoms with Crippen molar-refractivity contribution in [1.82, 2.24) is 4.90 Å². The first-order chi connectivity index (χ1) is 16.3. The molecule has 1 aliphatic heterocycles. The number of esters is 1. The van der Waals surface area contributed by atoms with Crippen LogP contribution < -0.4 is 14.8 Å². The molecule has 178 valence electrons. The van der Waals surface area contributed by atoms with Gasteiger partial charge in [0.25, 0.3) is 17.1 Å². The Morgan fingerprint density at radius 3 is 2.62 bits per heavy atom. The lowest BCUT2D eigenvalue weighted by atomic mass is 10.2. The Morgan fingerprint density at radius 2 is 1.91 bits per heavy atom. The molecule has 3 rings (SSSR count). The minimum absolute atomic E-state index is 0.158. The number of nitrogens with zero attached hydrogens (tertiary/aromatic N) is 1. The van der Waals surface area contributed by atoms with Crippen LogP contribution in [0.25, 0.3) is 6.08 Å². The van der Waals surface area contributed by atoms with Crippen molar-refractivity contribution in [1.29, 1.82) is 0 Å². The fourth-order valence-electron chi connectivity index (χ4n) is 2.89. The predicted molar refractivity (Wildman–Crippen MR) is 128 cm³/mol. The van der Waals surface area contributed by atoms with Crippen LogP contribution in [0, 0.1) is 0 Å². The number of carbonyl (C=O) groups excluding carboxylic acids is 4. The van der Waals surface area contributed by atoms with E-state index < -0.39 is 23.7 Å². The molecule has 9 nitrogen and oxygen atoms in total. The number of nitrogens with one attached hydrogen (secondary N) is 1. The van der Waals surface area contributed by atoms with Gasteiger partial charge in [-0.05, 0) is 60.7 Å². The minimum atomic E-state index is -0.692. The first-order valence-electron chi connectivity index (χ1n) is 10.1. The number of halogens is 1. The molecule has 2 aromatic rings. The highest BCUT2D eigenvalue weighted by Gasteiger charge is 2.36.